The smallest absolute Gasteiger partial charge is 0.131 e. The number of allylic oxidation sites excluding steroid dienone is 1. The summed E-state index contributed by atoms with van der Waals surface area (Å²) in [6.07, 6.45) is 1.46. The Morgan fingerprint density at radius 1 is 1.06 bits per heavy atom. The van der Waals surface area contributed by atoms with Gasteiger partial charge in [-0.3, -0.25) is 0 Å². The Morgan fingerprint density at radius 2 is 1.83 bits per heavy atom. The molecule has 88 valence electrons. The van der Waals surface area contributed by atoms with Gasteiger partial charge in [-0.1, -0.05) is 30.3 Å². The van der Waals surface area contributed by atoms with E-state index >= 15 is 0 Å². The van der Waals surface area contributed by atoms with Crippen LogP contribution in [-0.4, -0.2) is 0 Å². The van der Waals surface area contributed by atoms with Crippen molar-refractivity contribution in [1.82, 2.24) is 0 Å². The molecule has 0 atom stereocenters. The van der Waals surface area contributed by atoms with E-state index in [9.17, 15) is 8.78 Å². The maximum absolute atomic E-state index is 13.5. The highest BCUT2D eigenvalue weighted by atomic mass is 19.1. The minimum absolute atomic E-state index is 0.165. The van der Waals surface area contributed by atoms with Crippen LogP contribution in [0.3, 0.4) is 0 Å². The standard InChI is InChI=1S/C15H9F2N/c16-13-5-3-4-11(9-13)8-12(10-18)14-6-1-2-7-15(14)17/h1-9H/b12-8-. The molecule has 0 aromatic heterocycles. The fraction of sp³-hybridized carbons (Fsp3) is 0. The summed E-state index contributed by atoms with van der Waals surface area (Å²) in [6.45, 7) is 0. The zero-order valence-electron chi connectivity index (χ0n) is 9.40. The Labute approximate surface area is 104 Å². The lowest BCUT2D eigenvalue weighted by Gasteiger charge is -2.01. The molecule has 0 saturated carbocycles. The van der Waals surface area contributed by atoms with E-state index in [2.05, 4.69) is 0 Å². The quantitative estimate of drug-likeness (QED) is 0.575. The second kappa shape index (κ2) is 5.24. The third-order valence-electron chi connectivity index (χ3n) is 2.44. The van der Waals surface area contributed by atoms with Gasteiger partial charge in [-0.15, -0.1) is 0 Å². The van der Waals surface area contributed by atoms with Crippen molar-refractivity contribution in [3.05, 3.63) is 71.3 Å². The van der Waals surface area contributed by atoms with Crippen molar-refractivity contribution in [2.24, 2.45) is 0 Å². The molecule has 0 bridgehead atoms. The molecule has 0 heterocycles. The Balaban J connectivity index is 2.48. The molecule has 0 radical (unpaired) electrons. The monoisotopic (exact) mass is 241 g/mol. The topological polar surface area (TPSA) is 23.8 Å². The summed E-state index contributed by atoms with van der Waals surface area (Å²) in [4.78, 5) is 0. The average Bonchev–Trinajstić information content (AvgIpc) is 2.37. The molecule has 0 spiro atoms. The Hall–Kier alpha value is -2.47. The van der Waals surface area contributed by atoms with E-state index in [-0.39, 0.29) is 11.1 Å². The molecule has 3 heteroatoms. The number of hydrogen-bond donors (Lipinski definition) is 0. The van der Waals surface area contributed by atoms with E-state index in [0.29, 0.717) is 5.56 Å². The Morgan fingerprint density at radius 3 is 2.50 bits per heavy atom. The number of nitrogens with zero attached hydrogens (tertiary/aromatic N) is 1. The SMILES string of the molecule is N#C/C(=C/c1cccc(F)c1)c1ccccc1F. The van der Waals surface area contributed by atoms with E-state index in [4.69, 9.17) is 5.26 Å². The van der Waals surface area contributed by atoms with Crippen molar-refractivity contribution in [3.63, 3.8) is 0 Å². The predicted molar refractivity (Wildman–Crippen MR) is 66.3 cm³/mol. The second-order valence-electron chi connectivity index (χ2n) is 3.70. The fourth-order valence-corrected chi connectivity index (χ4v) is 1.61. The van der Waals surface area contributed by atoms with Crippen molar-refractivity contribution in [1.29, 1.82) is 5.26 Å². The number of hydrogen-bond acceptors (Lipinski definition) is 1. The van der Waals surface area contributed by atoms with Gasteiger partial charge in [0, 0.05) is 5.56 Å². The Bertz CT molecular complexity index is 639. The molecule has 0 aliphatic rings. The molecule has 0 saturated heterocycles. The highest BCUT2D eigenvalue weighted by molar-refractivity contribution is 5.89. The van der Waals surface area contributed by atoms with Crippen molar-refractivity contribution < 1.29 is 8.78 Å². The summed E-state index contributed by atoms with van der Waals surface area (Å²) in [5, 5.41) is 9.06. The lowest BCUT2D eigenvalue weighted by atomic mass is 10.0. The molecule has 2 aromatic carbocycles. The first-order chi connectivity index (χ1) is 8.70. The molecular weight excluding hydrogens is 232 g/mol. The summed E-state index contributed by atoms with van der Waals surface area (Å²) in [5.41, 5.74) is 0.901. The molecule has 0 amide bonds. The van der Waals surface area contributed by atoms with E-state index in [1.165, 1.54) is 36.4 Å². The molecule has 2 aromatic rings. The van der Waals surface area contributed by atoms with Gasteiger partial charge in [0.15, 0.2) is 0 Å². The maximum atomic E-state index is 13.5. The third kappa shape index (κ3) is 2.61. The molecule has 0 unspecified atom stereocenters. The van der Waals surface area contributed by atoms with Crippen LogP contribution in [0.25, 0.3) is 11.6 Å². The first-order valence-corrected chi connectivity index (χ1v) is 5.33. The van der Waals surface area contributed by atoms with Gasteiger partial charge >= 0.3 is 0 Å². The highest BCUT2D eigenvalue weighted by Crippen LogP contribution is 2.20. The zero-order chi connectivity index (χ0) is 13.0. The third-order valence-corrected chi connectivity index (χ3v) is 2.44. The number of nitriles is 1. The van der Waals surface area contributed by atoms with Gasteiger partial charge in [0.1, 0.15) is 11.6 Å². The molecule has 0 aliphatic carbocycles. The largest absolute Gasteiger partial charge is 0.207 e. The van der Waals surface area contributed by atoms with Crippen LogP contribution in [0, 0.1) is 23.0 Å². The minimum Gasteiger partial charge on any atom is -0.207 e. The van der Waals surface area contributed by atoms with E-state index in [0.717, 1.165) is 0 Å². The van der Waals surface area contributed by atoms with Crippen molar-refractivity contribution >= 4 is 11.6 Å². The van der Waals surface area contributed by atoms with E-state index in [1.807, 2.05) is 6.07 Å². The first-order valence-electron chi connectivity index (χ1n) is 5.33. The highest BCUT2D eigenvalue weighted by Gasteiger charge is 2.06. The summed E-state index contributed by atoms with van der Waals surface area (Å²) in [5.74, 6) is -0.865. The molecule has 0 N–H and O–H groups in total. The van der Waals surface area contributed by atoms with Crippen molar-refractivity contribution in [2.45, 2.75) is 0 Å². The van der Waals surface area contributed by atoms with Gasteiger partial charge < -0.3 is 0 Å². The van der Waals surface area contributed by atoms with Crippen LogP contribution < -0.4 is 0 Å². The van der Waals surface area contributed by atoms with Crippen LogP contribution in [-0.2, 0) is 0 Å². The van der Waals surface area contributed by atoms with Crippen LogP contribution in [0.1, 0.15) is 11.1 Å². The van der Waals surface area contributed by atoms with E-state index in [1.54, 1.807) is 18.2 Å². The molecular formula is C15H9F2N. The second-order valence-corrected chi connectivity index (χ2v) is 3.70. The average molecular weight is 241 g/mol. The summed E-state index contributed by atoms with van der Waals surface area (Å²) >= 11 is 0. The number of benzene rings is 2. The van der Waals surface area contributed by atoms with Crippen molar-refractivity contribution in [2.75, 3.05) is 0 Å². The summed E-state index contributed by atoms with van der Waals surface area (Å²) < 4.78 is 26.6. The van der Waals surface area contributed by atoms with Crippen LogP contribution in [0.2, 0.25) is 0 Å². The molecule has 1 nitrogen and oxygen atoms in total. The normalized spacial score (nSPS) is 11.1. The summed E-state index contributed by atoms with van der Waals surface area (Å²) in [6, 6.07) is 13.7. The lowest BCUT2D eigenvalue weighted by molar-refractivity contribution is 0.624. The first kappa shape index (κ1) is 12.0. The zero-order valence-corrected chi connectivity index (χ0v) is 9.40. The molecule has 0 aliphatic heterocycles. The maximum Gasteiger partial charge on any atom is 0.131 e. The molecule has 18 heavy (non-hydrogen) atoms. The fourth-order valence-electron chi connectivity index (χ4n) is 1.61. The minimum atomic E-state index is -0.471. The van der Waals surface area contributed by atoms with Crippen molar-refractivity contribution in [3.8, 4) is 6.07 Å². The Kier molecular flexibility index (Phi) is 3.49. The van der Waals surface area contributed by atoms with Crippen LogP contribution in [0.5, 0.6) is 0 Å². The van der Waals surface area contributed by atoms with E-state index < -0.39 is 11.6 Å². The van der Waals surface area contributed by atoms with Gasteiger partial charge in [0.05, 0.1) is 11.6 Å². The molecule has 0 fully saturated rings. The van der Waals surface area contributed by atoms with Crippen LogP contribution in [0.4, 0.5) is 8.78 Å². The lowest BCUT2D eigenvalue weighted by Crippen LogP contribution is -1.87. The molecule has 2 rings (SSSR count). The van der Waals surface area contributed by atoms with Crippen LogP contribution >= 0.6 is 0 Å². The number of rotatable bonds is 2. The van der Waals surface area contributed by atoms with Crippen LogP contribution in [0.15, 0.2) is 48.5 Å². The van der Waals surface area contributed by atoms with Gasteiger partial charge in [-0.05, 0) is 29.8 Å². The van der Waals surface area contributed by atoms with Gasteiger partial charge in [0.25, 0.3) is 0 Å². The van der Waals surface area contributed by atoms with Gasteiger partial charge in [0.2, 0.25) is 0 Å². The summed E-state index contributed by atoms with van der Waals surface area (Å²) in [7, 11) is 0. The van der Waals surface area contributed by atoms with Gasteiger partial charge in [-0.2, -0.15) is 5.26 Å². The van der Waals surface area contributed by atoms with Gasteiger partial charge in [-0.25, -0.2) is 8.78 Å². The number of halogens is 2. The predicted octanol–water partition coefficient (Wildman–Crippen LogP) is 4.03.